The van der Waals surface area contributed by atoms with Gasteiger partial charge in [-0.1, -0.05) is 11.6 Å². The number of methoxy groups -OCH3 is 1. The van der Waals surface area contributed by atoms with Crippen LogP contribution in [0.5, 0.6) is 5.75 Å². The van der Waals surface area contributed by atoms with E-state index in [9.17, 15) is 9.59 Å². The summed E-state index contributed by atoms with van der Waals surface area (Å²) in [7, 11) is 1.52. The van der Waals surface area contributed by atoms with Crippen molar-refractivity contribution in [2.45, 2.75) is 33.6 Å². The molecule has 128 valence electrons. The lowest BCUT2D eigenvalue weighted by atomic mass is 10.1. The number of amides is 1. The summed E-state index contributed by atoms with van der Waals surface area (Å²) in [6, 6.07) is 5.30. The first kappa shape index (κ1) is 18.5. The molecule has 1 amide bonds. The maximum atomic E-state index is 12.2. The van der Waals surface area contributed by atoms with Gasteiger partial charge in [0.2, 0.25) is 5.91 Å². The second kappa shape index (κ2) is 7.81. The van der Waals surface area contributed by atoms with E-state index < -0.39 is 0 Å². The van der Waals surface area contributed by atoms with Crippen LogP contribution in [0.25, 0.3) is 0 Å². The van der Waals surface area contributed by atoms with Crippen molar-refractivity contribution < 1.29 is 14.3 Å². The van der Waals surface area contributed by atoms with E-state index in [1.54, 1.807) is 23.5 Å². The quantitative estimate of drug-likeness (QED) is 0.738. The minimum Gasteiger partial charge on any atom is -0.495 e. The van der Waals surface area contributed by atoms with Crippen molar-refractivity contribution in [3.8, 4) is 5.75 Å². The van der Waals surface area contributed by atoms with Gasteiger partial charge >= 0.3 is 0 Å². The molecule has 0 aliphatic rings. The maximum Gasteiger partial charge on any atom is 0.224 e. The van der Waals surface area contributed by atoms with E-state index in [0.29, 0.717) is 22.0 Å². The van der Waals surface area contributed by atoms with Crippen LogP contribution >= 0.6 is 22.9 Å². The van der Waals surface area contributed by atoms with Crippen molar-refractivity contribution >= 4 is 40.3 Å². The molecule has 0 fully saturated rings. The number of halogens is 1. The van der Waals surface area contributed by atoms with Gasteiger partial charge in [0.1, 0.15) is 5.75 Å². The average molecular weight is 366 g/mol. The predicted octanol–water partition coefficient (Wildman–Crippen LogP) is 4.94. The molecule has 1 aromatic carbocycles. The number of nitrogens with one attached hydrogen (secondary N) is 1. The lowest BCUT2D eigenvalue weighted by molar-refractivity contribution is -0.116. The van der Waals surface area contributed by atoms with Gasteiger partial charge in [-0.05, 0) is 38.5 Å². The fourth-order valence-corrected chi connectivity index (χ4v) is 3.51. The van der Waals surface area contributed by atoms with Crippen LogP contribution in [-0.2, 0) is 4.79 Å². The Balaban J connectivity index is 2.00. The molecule has 1 heterocycles. The number of anilines is 1. The Bertz CT molecular complexity index is 783. The average Bonchev–Trinajstić information content (AvgIpc) is 2.87. The van der Waals surface area contributed by atoms with Crippen molar-refractivity contribution in [3.63, 3.8) is 0 Å². The molecular weight excluding hydrogens is 346 g/mol. The highest BCUT2D eigenvalue weighted by Gasteiger charge is 2.15. The molecule has 0 saturated carbocycles. The van der Waals surface area contributed by atoms with E-state index in [0.717, 1.165) is 15.3 Å². The molecular formula is C18H20ClNO3S. The first-order valence-corrected chi connectivity index (χ1v) is 8.75. The Kier molecular flexibility index (Phi) is 6.02. The Labute approximate surface area is 150 Å². The third-order valence-corrected chi connectivity index (χ3v) is 5.05. The minimum atomic E-state index is -0.229. The molecule has 6 heteroatoms. The molecule has 0 aliphatic heterocycles. The van der Waals surface area contributed by atoms with Crippen LogP contribution in [0.3, 0.4) is 0 Å². The first-order valence-electron chi connectivity index (χ1n) is 7.56. The molecule has 1 N–H and O–H groups in total. The van der Waals surface area contributed by atoms with Crippen molar-refractivity contribution in [1.29, 1.82) is 0 Å². The number of Topliss-reactive ketones (excluding diaryl/α,β-unsaturated/α-hetero) is 1. The van der Waals surface area contributed by atoms with E-state index >= 15 is 0 Å². The molecule has 0 bridgehead atoms. The van der Waals surface area contributed by atoms with Gasteiger partial charge < -0.3 is 10.1 Å². The van der Waals surface area contributed by atoms with Crippen LogP contribution in [0.15, 0.2) is 18.2 Å². The van der Waals surface area contributed by atoms with E-state index in [1.807, 2.05) is 26.8 Å². The summed E-state index contributed by atoms with van der Waals surface area (Å²) in [5, 5.41) is 3.36. The first-order chi connectivity index (χ1) is 11.3. The number of carbonyl (C=O) groups is 2. The number of rotatable bonds is 6. The number of ketones is 1. The van der Waals surface area contributed by atoms with Crippen LogP contribution in [-0.4, -0.2) is 18.8 Å². The Hall–Kier alpha value is -1.85. The smallest absolute Gasteiger partial charge is 0.224 e. The van der Waals surface area contributed by atoms with Gasteiger partial charge in [-0.15, -0.1) is 11.3 Å². The van der Waals surface area contributed by atoms with Crippen molar-refractivity contribution in [2.75, 3.05) is 12.4 Å². The summed E-state index contributed by atoms with van der Waals surface area (Å²) in [6.07, 6.45) is 0.301. The lowest BCUT2D eigenvalue weighted by Crippen LogP contribution is -2.14. The molecule has 0 spiro atoms. The topological polar surface area (TPSA) is 55.4 Å². The van der Waals surface area contributed by atoms with Crippen molar-refractivity contribution in [2.24, 2.45) is 0 Å². The zero-order valence-electron chi connectivity index (χ0n) is 14.2. The zero-order valence-corrected chi connectivity index (χ0v) is 15.7. The molecule has 4 nitrogen and oxygen atoms in total. The number of hydrogen-bond acceptors (Lipinski definition) is 4. The summed E-state index contributed by atoms with van der Waals surface area (Å²) in [5.74, 6) is 0.258. The predicted molar refractivity (Wildman–Crippen MR) is 98.7 cm³/mol. The van der Waals surface area contributed by atoms with E-state index in [2.05, 4.69) is 5.32 Å². The van der Waals surface area contributed by atoms with Gasteiger partial charge in [-0.2, -0.15) is 0 Å². The van der Waals surface area contributed by atoms with Gasteiger partial charge in [-0.25, -0.2) is 0 Å². The summed E-state index contributed by atoms with van der Waals surface area (Å²) in [6.45, 7) is 5.74. The standard InChI is InChI=1S/C18H20ClNO3S/c1-10-7-15(17(23-4)9-14(10)19)20-18(22)6-5-16(21)13-8-11(2)24-12(13)3/h7-9H,5-6H2,1-4H3,(H,20,22). The van der Waals surface area contributed by atoms with Gasteiger partial charge in [0.25, 0.3) is 0 Å². The van der Waals surface area contributed by atoms with Gasteiger partial charge in [-0.3, -0.25) is 9.59 Å². The molecule has 2 rings (SSSR count). The molecule has 24 heavy (non-hydrogen) atoms. The Morgan fingerprint density at radius 3 is 2.46 bits per heavy atom. The largest absolute Gasteiger partial charge is 0.495 e. The number of aryl methyl sites for hydroxylation is 3. The second-order valence-corrected chi connectivity index (χ2v) is 7.47. The van der Waals surface area contributed by atoms with E-state index in [1.165, 1.54) is 7.11 Å². The maximum absolute atomic E-state index is 12.2. The SMILES string of the molecule is COc1cc(Cl)c(C)cc1NC(=O)CCC(=O)c1cc(C)sc1C. The number of thiophene rings is 1. The van der Waals surface area contributed by atoms with Crippen LogP contribution in [0, 0.1) is 20.8 Å². The highest BCUT2D eigenvalue weighted by atomic mass is 35.5. The Morgan fingerprint density at radius 1 is 1.17 bits per heavy atom. The van der Waals surface area contributed by atoms with Crippen molar-refractivity contribution in [1.82, 2.24) is 0 Å². The number of ether oxygens (including phenoxy) is 1. The van der Waals surface area contributed by atoms with Gasteiger partial charge in [0, 0.05) is 39.2 Å². The highest BCUT2D eigenvalue weighted by molar-refractivity contribution is 7.12. The highest BCUT2D eigenvalue weighted by Crippen LogP contribution is 2.31. The summed E-state index contributed by atoms with van der Waals surface area (Å²) < 4.78 is 5.23. The molecule has 0 aliphatic carbocycles. The van der Waals surface area contributed by atoms with Crippen LogP contribution in [0.1, 0.15) is 38.5 Å². The fraction of sp³-hybridized carbons (Fsp3) is 0.333. The molecule has 0 radical (unpaired) electrons. The van der Waals surface area contributed by atoms with Crippen LogP contribution in [0.2, 0.25) is 5.02 Å². The third kappa shape index (κ3) is 4.36. The molecule has 2 aromatic rings. The van der Waals surface area contributed by atoms with Gasteiger partial charge in [0.05, 0.1) is 12.8 Å². The normalized spacial score (nSPS) is 10.5. The molecule has 1 aromatic heterocycles. The lowest BCUT2D eigenvalue weighted by Gasteiger charge is -2.12. The zero-order chi connectivity index (χ0) is 17.9. The molecule has 0 unspecified atom stereocenters. The second-order valence-electron chi connectivity index (χ2n) is 5.60. The summed E-state index contributed by atoms with van der Waals surface area (Å²) >= 11 is 7.64. The fourth-order valence-electron chi connectivity index (χ4n) is 2.41. The van der Waals surface area contributed by atoms with Crippen molar-refractivity contribution in [3.05, 3.63) is 44.1 Å². The van der Waals surface area contributed by atoms with Crippen LogP contribution in [0.4, 0.5) is 5.69 Å². The third-order valence-electron chi connectivity index (χ3n) is 3.68. The monoisotopic (exact) mass is 365 g/mol. The summed E-state index contributed by atoms with van der Waals surface area (Å²) in [5.41, 5.74) is 2.11. The number of benzene rings is 1. The summed E-state index contributed by atoms with van der Waals surface area (Å²) in [4.78, 5) is 26.5. The molecule has 0 saturated heterocycles. The molecule has 0 atom stereocenters. The van der Waals surface area contributed by atoms with E-state index in [4.69, 9.17) is 16.3 Å². The number of hydrogen-bond donors (Lipinski definition) is 1. The Morgan fingerprint density at radius 2 is 1.88 bits per heavy atom. The van der Waals surface area contributed by atoms with Gasteiger partial charge in [0.15, 0.2) is 5.78 Å². The van der Waals surface area contributed by atoms with Crippen LogP contribution < -0.4 is 10.1 Å². The van der Waals surface area contributed by atoms with E-state index in [-0.39, 0.29) is 24.5 Å². The number of carbonyl (C=O) groups excluding carboxylic acids is 2. The minimum absolute atomic E-state index is 0.00810.